The van der Waals surface area contributed by atoms with Crippen molar-refractivity contribution in [3.05, 3.63) is 90.6 Å². The number of thiazole rings is 1. The summed E-state index contributed by atoms with van der Waals surface area (Å²) in [5.41, 5.74) is 2.04. The molecule has 0 aliphatic carbocycles. The number of hydrogen-bond acceptors (Lipinski definition) is 8. The average Bonchev–Trinajstić information content (AvgIpc) is 3.13. The van der Waals surface area contributed by atoms with Crippen LogP contribution in [0.3, 0.4) is 0 Å². The Labute approximate surface area is 211 Å². The molecule has 2 heterocycles. The lowest BCUT2D eigenvalue weighted by atomic mass is 9.96. The SMILES string of the molecule is COc1ccc([C@H]2C(C(=O)OC(C)C)=C(C)N=c3s/c(=C/c4ccc(OC(C)=O)cc4)c(=O)n32)cc1. The lowest BCUT2D eigenvalue weighted by Crippen LogP contribution is -2.40. The van der Waals surface area contributed by atoms with Crippen molar-refractivity contribution in [3.63, 3.8) is 0 Å². The zero-order chi connectivity index (χ0) is 26.0. The van der Waals surface area contributed by atoms with Crippen molar-refractivity contribution < 1.29 is 23.8 Å². The fraction of sp³-hybridized carbons (Fsp3) is 0.259. The first kappa shape index (κ1) is 25.1. The third-order valence-electron chi connectivity index (χ3n) is 5.46. The van der Waals surface area contributed by atoms with Crippen LogP contribution in [-0.4, -0.2) is 29.7 Å². The molecule has 0 bridgehead atoms. The average molecular weight is 507 g/mol. The molecule has 1 aliphatic rings. The van der Waals surface area contributed by atoms with Gasteiger partial charge in [0.1, 0.15) is 11.5 Å². The number of carbonyl (C=O) groups excluding carboxylic acids is 2. The van der Waals surface area contributed by atoms with Crippen LogP contribution in [0.1, 0.15) is 44.9 Å². The van der Waals surface area contributed by atoms with Crippen LogP contribution in [-0.2, 0) is 14.3 Å². The zero-order valence-corrected chi connectivity index (χ0v) is 21.4. The van der Waals surface area contributed by atoms with Gasteiger partial charge in [-0.15, -0.1) is 0 Å². The van der Waals surface area contributed by atoms with Crippen molar-refractivity contribution in [1.82, 2.24) is 4.57 Å². The normalized spacial score (nSPS) is 15.4. The molecule has 0 radical (unpaired) electrons. The summed E-state index contributed by atoms with van der Waals surface area (Å²) in [5.74, 6) is 0.166. The molecule has 0 N–H and O–H groups in total. The third-order valence-corrected chi connectivity index (χ3v) is 6.44. The predicted octanol–water partition coefficient (Wildman–Crippen LogP) is 3.12. The third kappa shape index (κ3) is 5.16. The maximum atomic E-state index is 13.6. The lowest BCUT2D eigenvalue weighted by Gasteiger charge is -2.25. The highest BCUT2D eigenvalue weighted by Gasteiger charge is 2.33. The Balaban J connectivity index is 1.85. The number of methoxy groups -OCH3 is 1. The molecular formula is C27H26N2O6S. The minimum atomic E-state index is -0.702. The molecule has 2 aromatic carbocycles. The summed E-state index contributed by atoms with van der Waals surface area (Å²) in [6.07, 6.45) is 1.42. The van der Waals surface area contributed by atoms with Crippen molar-refractivity contribution in [2.45, 2.75) is 39.8 Å². The van der Waals surface area contributed by atoms with Gasteiger partial charge in [0.15, 0.2) is 4.80 Å². The van der Waals surface area contributed by atoms with E-state index in [2.05, 4.69) is 4.99 Å². The van der Waals surface area contributed by atoms with Gasteiger partial charge in [0, 0.05) is 6.92 Å². The summed E-state index contributed by atoms with van der Waals surface area (Å²) in [4.78, 5) is 43.0. The van der Waals surface area contributed by atoms with Gasteiger partial charge in [-0.2, -0.15) is 0 Å². The van der Waals surface area contributed by atoms with E-state index in [1.807, 2.05) is 12.1 Å². The van der Waals surface area contributed by atoms with Crippen molar-refractivity contribution in [3.8, 4) is 11.5 Å². The largest absolute Gasteiger partial charge is 0.497 e. The molecule has 0 saturated heterocycles. The van der Waals surface area contributed by atoms with Gasteiger partial charge in [-0.3, -0.25) is 14.2 Å². The van der Waals surface area contributed by atoms with Crippen LogP contribution in [0.15, 0.2) is 69.6 Å². The smallest absolute Gasteiger partial charge is 0.338 e. The molecule has 0 unspecified atom stereocenters. The number of benzene rings is 2. The molecule has 1 atom stereocenters. The van der Waals surface area contributed by atoms with Gasteiger partial charge in [-0.25, -0.2) is 9.79 Å². The molecule has 0 fully saturated rings. The topological polar surface area (TPSA) is 96.2 Å². The second kappa shape index (κ2) is 10.3. The first-order valence-corrected chi connectivity index (χ1v) is 12.2. The molecular weight excluding hydrogens is 480 g/mol. The van der Waals surface area contributed by atoms with Crippen LogP contribution in [0.4, 0.5) is 0 Å². The highest BCUT2D eigenvalue weighted by molar-refractivity contribution is 7.07. The zero-order valence-electron chi connectivity index (χ0n) is 20.6. The Hall–Kier alpha value is -3.98. The van der Waals surface area contributed by atoms with E-state index in [4.69, 9.17) is 14.2 Å². The standard InChI is InChI=1S/C27H26N2O6S/c1-15(2)34-26(32)23-16(3)28-27-29(24(23)19-8-12-20(33-5)13-9-19)25(31)22(36-27)14-18-6-10-21(11-7-18)35-17(4)30/h6-15,24H,1-5H3/b22-14+/t24-/m0/s1. The summed E-state index contributed by atoms with van der Waals surface area (Å²) >= 11 is 1.24. The van der Waals surface area contributed by atoms with Crippen molar-refractivity contribution >= 4 is 29.4 Å². The fourth-order valence-corrected chi connectivity index (χ4v) is 4.96. The monoisotopic (exact) mass is 506 g/mol. The number of ether oxygens (including phenoxy) is 3. The quantitative estimate of drug-likeness (QED) is 0.377. The molecule has 1 aromatic heterocycles. The molecule has 1 aliphatic heterocycles. The molecule has 9 heteroatoms. The highest BCUT2D eigenvalue weighted by Crippen LogP contribution is 2.31. The predicted molar refractivity (Wildman–Crippen MR) is 136 cm³/mol. The first-order chi connectivity index (χ1) is 17.2. The summed E-state index contributed by atoms with van der Waals surface area (Å²) in [7, 11) is 1.58. The molecule has 4 rings (SSSR count). The van der Waals surface area contributed by atoms with Gasteiger partial charge < -0.3 is 14.2 Å². The van der Waals surface area contributed by atoms with Crippen molar-refractivity contribution in [2.24, 2.45) is 4.99 Å². The molecule has 0 saturated carbocycles. The van der Waals surface area contributed by atoms with E-state index in [1.165, 1.54) is 22.8 Å². The lowest BCUT2D eigenvalue weighted by molar-refractivity contribution is -0.143. The number of allylic oxidation sites excluding steroid dienone is 1. The second-order valence-corrected chi connectivity index (χ2v) is 9.48. The van der Waals surface area contributed by atoms with Crippen molar-refractivity contribution in [2.75, 3.05) is 7.11 Å². The molecule has 0 amide bonds. The van der Waals surface area contributed by atoms with E-state index in [0.717, 1.165) is 11.1 Å². The summed E-state index contributed by atoms with van der Waals surface area (Å²) in [5, 5.41) is 0. The van der Waals surface area contributed by atoms with E-state index in [9.17, 15) is 14.4 Å². The molecule has 0 spiro atoms. The van der Waals surface area contributed by atoms with Crippen LogP contribution < -0.4 is 24.4 Å². The number of fused-ring (bicyclic) bond motifs is 1. The number of rotatable bonds is 6. The Bertz CT molecular complexity index is 1510. The number of nitrogens with zero attached hydrogens (tertiary/aromatic N) is 2. The van der Waals surface area contributed by atoms with Gasteiger partial charge in [0.05, 0.1) is 35.1 Å². The summed E-state index contributed by atoms with van der Waals surface area (Å²) in [6, 6.07) is 13.4. The van der Waals surface area contributed by atoms with E-state index in [1.54, 1.807) is 70.4 Å². The second-order valence-electron chi connectivity index (χ2n) is 8.47. The Morgan fingerprint density at radius 1 is 1.06 bits per heavy atom. The number of hydrogen-bond donors (Lipinski definition) is 0. The molecule has 3 aromatic rings. The minimum Gasteiger partial charge on any atom is -0.497 e. The number of carbonyl (C=O) groups is 2. The number of esters is 2. The molecule has 186 valence electrons. The summed E-state index contributed by atoms with van der Waals surface area (Å²) < 4.78 is 17.9. The summed E-state index contributed by atoms with van der Waals surface area (Å²) in [6.45, 7) is 6.63. The Morgan fingerprint density at radius 2 is 1.69 bits per heavy atom. The van der Waals surface area contributed by atoms with Gasteiger partial charge in [0.25, 0.3) is 5.56 Å². The Morgan fingerprint density at radius 3 is 2.28 bits per heavy atom. The maximum absolute atomic E-state index is 13.6. The van der Waals surface area contributed by atoms with Crippen LogP contribution in [0.5, 0.6) is 11.5 Å². The van der Waals surface area contributed by atoms with Crippen LogP contribution in [0.2, 0.25) is 0 Å². The van der Waals surface area contributed by atoms with Crippen LogP contribution in [0, 0.1) is 0 Å². The van der Waals surface area contributed by atoms with E-state index in [-0.39, 0.29) is 11.7 Å². The molecule has 8 nitrogen and oxygen atoms in total. The van der Waals surface area contributed by atoms with E-state index >= 15 is 0 Å². The first-order valence-electron chi connectivity index (χ1n) is 11.3. The van der Waals surface area contributed by atoms with Gasteiger partial charge in [-0.1, -0.05) is 35.6 Å². The van der Waals surface area contributed by atoms with Crippen LogP contribution in [0.25, 0.3) is 6.08 Å². The number of aromatic nitrogens is 1. The van der Waals surface area contributed by atoms with E-state index in [0.29, 0.717) is 32.1 Å². The van der Waals surface area contributed by atoms with Gasteiger partial charge in [-0.05, 0) is 62.2 Å². The maximum Gasteiger partial charge on any atom is 0.338 e. The fourth-order valence-electron chi connectivity index (χ4n) is 3.91. The van der Waals surface area contributed by atoms with E-state index < -0.39 is 18.0 Å². The minimum absolute atomic E-state index is 0.272. The highest BCUT2D eigenvalue weighted by atomic mass is 32.1. The van der Waals surface area contributed by atoms with Crippen LogP contribution >= 0.6 is 11.3 Å². The Kier molecular flexibility index (Phi) is 7.21. The van der Waals surface area contributed by atoms with Crippen molar-refractivity contribution in [1.29, 1.82) is 0 Å². The van der Waals surface area contributed by atoms with Gasteiger partial charge >= 0.3 is 11.9 Å². The van der Waals surface area contributed by atoms with Gasteiger partial charge in [0.2, 0.25) is 0 Å². The molecule has 36 heavy (non-hydrogen) atoms.